The highest BCUT2D eigenvalue weighted by molar-refractivity contribution is 5.91. The first kappa shape index (κ1) is 17.4. The van der Waals surface area contributed by atoms with Crippen molar-refractivity contribution in [2.45, 2.75) is 6.04 Å². The predicted octanol–water partition coefficient (Wildman–Crippen LogP) is -0.188. The molecule has 0 bridgehead atoms. The number of hydrazine groups is 1. The fourth-order valence-corrected chi connectivity index (χ4v) is 3.09. The number of morpholine rings is 1. The minimum Gasteiger partial charge on any atom is -0.481 e. The molecule has 2 aromatic heterocycles. The summed E-state index contributed by atoms with van der Waals surface area (Å²) in [6.45, 7) is 2.31. The number of pyridine rings is 1. The largest absolute Gasteiger partial charge is 0.481 e. The Bertz CT molecular complexity index is 842. The summed E-state index contributed by atoms with van der Waals surface area (Å²) in [6.07, 6.45) is 5.35. The van der Waals surface area contributed by atoms with Crippen molar-refractivity contribution in [3.63, 3.8) is 0 Å². The predicted molar refractivity (Wildman–Crippen MR) is 96.6 cm³/mol. The molecule has 1 saturated heterocycles. The van der Waals surface area contributed by atoms with Gasteiger partial charge in [-0.2, -0.15) is 0 Å². The molecule has 27 heavy (non-hydrogen) atoms. The maximum absolute atomic E-state index is 12.9. The van der Waals surface area contributed by atoms with Crippen molar-refractivity contribution in [2.24, 2.45) is 7.05 Å². The van der Waals surface area contributed by atoms with E-state index in [0.717, 1.165) is 11.4 Å². The number of aromatic nitrogens is 4. The van der Waals surface area contributed by atoms with Crippen LogP contribution in [0.15, 0.2) is 30.6 Å². The molecule has 1 fully saturated rings. The lowest BCUT2D eigenvalue weighted by molar-refractivity contribution is -0.136. The summed E-state index contributed by atoms with van der Waals surface area (Å²) in [5.41, 5.74) is 5.44. The first-order valence-electron chi connectivity index (χ1n) is 8.67. The van der Waals surface area contributed by atoms with E-state index in [0.29, 0.717) is 37.9 Å². The number of anilines is 1. The Morgan fingerprint density at radius 1 is 1.33 bits per heavy atom. The van der Waals surface area contributed by atoms with Crippen molar-refractivity contribution in [3.05, 3.63) is 36.3 Å². The summed E-state index contributed by atoms with van der Waals surface area (Å²) in [7, 11) is 3.37. The maximum Gasteiger partial charge on any atom is 0.245 e. The van der Waals surface area contributed by atoms with Crippen LogP contribution in [0.3, 0.4) is 0 Å². The second-order valence-electron chi connectivity index (χ2n) is 6.27. The molecular formula is C17H21N7O3. The summed E-state index contributed by atoms with van der Waals surface area (Å²) in [5.74, 6) is 0.521. The van der Waals surface area contributed by atoms with Crippen molar-refractivity contribution < 1.29 is 14.3 Å². The minimum absolute atomic E-state index is 0.00339. The molecule has 1 atom stereocenters. The van der Waals surface area contributed by atoms with Gasteiger partial charge in [-0.3, -0.25) is 14.5 Å². The van der Waals surface area contributed by atoms with E-state index in [2.05, 4.69) is 20.7 Å². The molecule has 0 aliphatic carbocycles. The number of hydrogen-bond acceptors (Lipinski definition) is 8. The third-order valence-corrected chi connectivity index (χ3v) is 4.48. The van der Waals surface area contributed by atoms with Gasteiger partial charge in [0.15, 0.2) is 0 Å². The number of hydrogen-bond donors (Lipinski definition) is 1. The van der Waals surface area contributed by atoms with Gasteiger partial charge in [0.2, 0.25) is 11.8 Å². The molecular weight excluding hydrogens is 350 g/mol. The summed E-state index contributed by atoms with van der Waals surface area (Å²) in [4.78, 5) is 19.0. The first-order chi connectivity index (χ1) is 13.2. The Labute approximate surface area is 156 Å². The molecule has 1 N–H and O–H groups in total. The van der Waals surface area contributed by atoms with Crippen LogP contribution in [0.2, 0.25) is 0 Å². The molecule has 142 valence electrons. The number of nitrogens with one attached hydrogen (secondary N) is 1. The van der Waals surface area contributed by atoms with Gasteiger partial charge >= 0.3 is 0 Å². The third kappa shape index (κ3) is 3.49. The zero-order valence-corrected chi connectivity index (χ0v) is 15.2. The van der Waals surface area contributed by atoms with Gasteiger partial charge in [-0.1, -0.05) is 5.21 Å². The van der Waals surface area contributed by atoms with Crippen LogP contribution in [0.1, 0.15) is 5.69 Å². The lowest BCUT2D eigenvalue weighted by Gasteiger charge is -2.29. The minimum atomic E-state index is -0.498. The normalized spacial score (nSPS) is 19.9. The molecule has 0 spiro atoms. The SMILES string of the molecule is COc1ccc(N2NC(C(=O)N3CCOCC3)C=C2c2cn(C)nn2)cn1. The van der Waals surface area contributed by atoms with Crippen LogP contribution in [-0.2, 0) is 16.6 Å². The zero-order chi connectivity index (χ0) is 18.8. The molecule has 0 aromatic carbocycles. The highest BCUT2D eigenvalue weighted by Gasteiger charge is 2.34. The van der Waals surface area contributed by atoms with Crippen LogP contribution in [-0.4, -0.2) is 70.2 Å². The molecule has 0 radical (unpaired) electrons. The average molecular weight is 371 g/mol. The van der Waals surface area contributed by atoms with Crippen molar-refractivity contribution in [1.29, 1.82) is 0 Å². The summed E-state index contributed by atoms with van der Waals surface area (Å²) in [6, 6.07) is 3.13. The highest BCUT2D eigenvalue weighted by Crippen LogP contribution is 2.29. The fraction of sp³-hybridized carbons (Fsp3) is 0.412. The number of carbonyl (C=O) groups is 1. The molecule has 10 nitrogen and oxygen atoms in total. The van der Waals surface area contributed by atoms with Gasteiger partial charge in [-0.05, 0) is 12.1 Å². The van der Waals surface area contributed by atoms with Crippen LogP contribution in [0.4, 0.5) is 5.69 Å². The first-order valence-corrected chi connectivity index (χ1v) is 8.67. The van der Waals surface area contributed by atoms with Gasteiger partial charge in [0.25, 0.3) is 0 Å². The van der Waals surface area contributed by atoms with Gasteiger partial charge in [-0.25, -0.2) is 10.4 Å². The summed E-state index contributed by atoms with van der Waals surface area (Å²) < 4.78 is 12.1. The Morgan fingerprint density at radius 2 is 2.15 bits per heavy atom. The van der Waals surface area contributed by atoms with Crippen LogP contribution >= 0.6 is 0 Å². The average Bonchev–Trinajstić information content (AvgIpc) is 3.34. The number of methoxy groups -OCH3 is 1. The lowest BCUT2D eigenvalue weighted by Crippen LogP contribution is -2.50. The highest BCUT2D eigenvalue weighted by atomic mass is 16.5. The Morgan fingerprint density at radius 3 is 2.78 bits per heavy atom. The fourth-order valence-electron chi connectivity index (χ4n) is 3.09. The summed E-state index contributed by atoms with van der Waals surface area (Å²) >= 11 is 0. The van der Waals surface area contributed by atoms with Crippen LogP contribution < -0.4 is 15.2 Å². The molecule has 2 aromatic rings. The maximum atomic E-state index is 12.9. The van der Waals surface area contributed by atoms with Gasteiger partial charge in [0.05, 0.1) is 44.1 Å². The molecule has 0 saturated carbocycles. The van der Waals surface area contributed by atoms with Gasteiger partial charge < -0.3 is 14.4 Å². The van der Waals surface area contributed by atoms with E-state index in [-0.39, 0.29) is 5.91 Å². The molecule has 1 unspecified atom stereocenters. The standard InChI is InChI=1S/C17H21N7O3/c1-22-11-14(19-21-22)15-9-13(17(25)23-5-7-27-8-6-23)20-24(15)12-3-4-16(26-2)18-10-12/h3-4,9-11,13,20H,5-8H2,1-2H3. The second-order valence-corrected chi connectivity index (χ2v) is 6.27. The van der Waals surface area contributed by atoms with Crippen LogP contribution in [0.25, 0.3) is 5.70 Å². The number of carbonyl (C=O) groups excluding carboxylic acids is 1. The van der Waals surface area contributed by atoms with Gasteiger partial charge in [0, 0.05) is 26.2 Å². The van der Waals surface area contributed by atoms with Gasteiger partial charge in [0.1, 0.15) is 11.7 Å². The van der Waals surface area contributed by atoms with E-state index >= 15 is 0 Å². The van der Waals surface area contributed by atoms with E-state index in [1.807, 2.05) is 17.0 Å². The number of ether oxygens (including phenoxy) is 2. The molecule has 10 heteroatoms. The molecule has 4 heterocycles. The zero-order valence-electron chi connectivity index (χ0n) is 15.2. The monoisotopic (exact) mass is 371 g/mol. The van der Waals surface area contributed by atoms with Crippen molar-refractivity contribution in [1.82, 2.24) is 30.3 Å². The van der Waals surface area contributed by atoms with Crippen molar-refractivity contribution in [2.75, 3.05) is 38.4 Å². The smallest absolute Gasteiger partial charge is 0.245 e. The number of amides is 1. The lowest BCUT2D eigenvalue weighted by atomic mass is 10.2. The third-order valence-electron chi connectivity index (χ3n) is 4.48. The number of rotatable bonds is 4. The van der Waals surface area contributed by atoms with Crippen LogP contribution in [0.5, 0.6) is 5.88 Å². The topological polar surface area (TPSA) is 97.6 Å². The summed E-state index contributed by atoms with van der Waals surface area (Å²) in [5, 5.41) is 9.99. The van der Waals surface area contributed by atoms with E-state index < -0.39 is 6.04 Å². The quantitative estimate of drug-likeness (QED) is 0.790. The van der Waals surface area contributed by atoms with Crippen molar-refractivity contribution in [3.8, 4) is 5.88 Å². The molecule has 2 aliphatic rings. The Kier molecular flexibility index (Phi) is 4.73. The Hall–Kier alpha value is -2.98. The Balaban J connectivity index is 1.63. The number of nitrogens with zero attached hydrogens (tertiary/aromatic N) is 6. The van der Waals surface area contributed by atoms with E-state index in [1.54, 1.807) is 42.3 Å². The second kappa shape index (κ2) is 7.33. The van der Waals surface area contributed by atoms with E-state index in [1.165, 1.54) is 0 Å². The molecule has 4 rings (SSSR count). The number of aryl methyl sites for hydroxylation is 1. The molecule has 2 aliphatic heterocycles. The van der Waals surface area contributed by atoms with Crippen LogP contribution in [0, 0.1) is 0 Å². The van der Waals surface area contributed by atoms with Gasteiger partial charge in [-0.15, -0.1) is 5.10 Å². The van der Waals surface area contributed by atoms with E-state index in [4.69, 9.17) is 9.47 Å². The van der Waals surface area contributed by atoms with Crippen molar-refractivity contribution >= 4 is 17.3 Å². The molecule has 1 amide bonds. The van der Waals surface area contributed by atoms with E-state index in [9.17, 15) is 4.79 Å².